The van der Waals surface area contributed by atoms with Gasteiger partial charge in [0.1, 0.15) is 12.9 Å². The van der Waals surface area contributed by atoms with Gasteiger partial charge in [0.25, 0.3) is 0 Å². The minimum Gasteiger partial charge on any atom is -0.377 e. The molecule has 0 bridgehead atoms. The highest BCUT2D eigenvalue weighted by Crippen LogP contribution is 2.28. The largest absolute Gasteiger partial charge is 0.377 e. The summed E-state index contributed by atoms with van der Waals surface area (Å²) in [7, 11) is -1.90. The lowest BCUT2D eigenvalue weighted by molar-refractivity contribution is 0.167. The number of nitrogens with zero attached hydrogens (tertiary/aromatic N) is 4. The fourth-order valence-electron chi connectivity index (χ4n) is 2.94. The molecule has 1 saturated heterocycles. The van der Waals surface area contributed by atoms with E-state index >= 15 is 0 Å². The second-order valence-electron chi connectivity index (χ2n) is 5.68. The van der Waals surface area contributed by atoms with Gasteiger partial charge in [-0.1, -0.05) is 17.7 Å². The average molecular weight is 371 g/mol. The van der Waals surface area contributed by atoms with Gasteiger partial charge < -0.3 is 9.30 Å². The first-order valence-electron chi connectivity index (χ1n) is 7.65. The quantitative estimate of drug-likeness (QED) is 0.805. The van der Waals surface area contributed by atoms with Gasteiger partial charge in [-0.2, -0.15) is 4.31 Å². The molecule has 0 atom stereocenters. The van der Waals surface area contributed by atoms with E-state index < -0.39 is 10.0 Å². The van der Waals surface area contributed by atoms with Crippen molar-refractivity contribution in [3.8, 4) is 0 Å². The van der Waals surface area contributed by atoms with Crippen LogP contribution in [0.2, 0.25) is 5.02 Å². The number of rotatable bonds is 5. The molecule has 3 rings (SSSR count). The lowest BCUT2D eigenvalue weighted by Gasteiger charge is -2.32. The first-order chi connectivity index (χ1) is 11.5. The van der Waals surface area contributed by atoms with E-state index in [0.717, 1.165) is 5.82 Å². The Labute approximate surface area is 146 Å². The Morgan fingerprint density at radius 2 is 2.08 bits per heavy atom. The fraction of sp³-hybridized carbons (Fsp3) is 0.467. The van der Waals surface area contributed by atoms with Crippen LogP contribution in [0.1, 0.15) is 24.7 Å². The summed E-state index contributed by atoms with van der Waals surface area (Å²) < 4.78 is 34.0. The number of methoxy groups -OCH3 is 1. The fourth-order valence-corrected chi connectivity index (χ4v) is 4.71. The third kappa shape index (κ3) is 3.46. The molecule has 0 aliphatic carbocycles. The molecule has 2 heterocycles. The van der Waals surface area contributed by atoms with Crippen molar-refractivity contribution in [3.63, 3.8) is 0 Å². The summed E-state index contributed by atoms with van der Waals surface area (Å²) in [5.74, 6) is 0.758. The number of halogens is 1. The van der Waals surface area contributed by atoms with Gasteiger partial charge in [0.15, 0.2) is 5.82 Å². The predicted octanol–water partition coefficient (Wildman–Crippen LogP) is 2.10. The molecular formula is C15H19ClN4O3S. The molecule has 24 heavy (non-hydrogen) atoms. The summed E-state index contributed by atoms with van der Waals surface area (Å²) in [6.45, 7) is 1.29. The van der Waals surface area contributed by atoms with Crippen LogP contribution in [0.15, 0.2) is 35.5 Å². The van der Waals surface area contributed by atoms with Gasteiger partial charge in [-0.3, -0.25) is 0 Å². The molecule has 7 nitrogen and oxygen atoms in total. The number of ether oxygens (including phenoxy) is 1. The number of hydrogen-bond donors (Lipinski definition) is 0. The highest BCUT2D eigenvalue weighted by Gasteiger charge is 2.30. The smallest absolute Gasteiger partial charge is 0.243 e. The summed E-state index contributed by atoms with van der Waals surface area (Å²) in [5.41, 5.74) is 0. The maximum absolute atomic E-state index is 12.7. The zero-order valence-corrected chi connectivity index (χ0v) is 14.9. The zero-order chi connectivity index (χ0) is 17.2. The molecule has 0 radical (unpaired) electrons. The van der Waals surface area contributed by atoms with Crippen molar-refractivity contribution in [3.05, 3.63) is 41.4 Å². The number of hydrogen-bond acceptors (Lipinski definition) is 5. The normalized spacial score (nSPS) is 17.2. The van der Waals surface area contributed by atoms with Gasteiger partial charge in [-0.05, 0) is 31.0 Å². The van der Waals surface area contributed by atoms with Crippen LogP contribution in [0.25, 0.3) is 0 Å². The summed E-state index contributed by atoms with van der Waals surface area (Å²) >= 11 is 5.92. The van der Waals surface area contributed by atoms with Crippen molar-refractivity contribution >= 4 is 21.6 Å². The predicted molar refractivity (Wildman–Crippen MR) is 89.2 cm³/mol. The van der Waals surface area contributed by atoms with Crippen LogP contribution in [-0.2, 0) is 21.4 Å². The number of benzene rings is 1. The molecule has 2 aromatic rings. The lowest BCUT2D eigenvalue weighted by atomic mass is 10.1. The molecule has 1 aliphatic heterocycles. The van der Waals surface area contributed by atoms with Crippen molar-refractivity contribution in [1.82, 2.24) is 19.1 Å². The van der Waals surface area contributed by atoms with E-state index in [1.807, 2.05) is 4.57 Å². The Morgan fingerprint density at radius 3 is 2.75 bits per heavy atom. The van der Waals surface area contributed by atoms with Crippen molar-refractivity contribution in [2.75, 3.05) is 20.2 Å². The zero-order valence-electron chi connectivity index (χ0n) is 13.3. The van der Waals surface area contributed by atoms with E-state index in [-0.39, 0.29) is 10.9 Å². The van der Waals surface area contributed by atoms with E-state index in [1.165, 1.54) is 10.4 Å². The topological polar surface area (TPSA) is 77.3 Å². The number of piperidine rings is 1. The molecule has 0 saturated carbocycles. The van der Waals surface area contributed by atoms with Gasteiger partial charge >= 0.3 is 0 Å². The van der Waals surface area contributed by atoms with Gasteiger partial charge in [-0.15, -0.1) is 10.2 Å². The Kier molecular flexibility index (Phi) is 5.19. The lowest BCUT2D eigenvalue weighted by Crippen LogP contribution is -2.39. The monoisotopic (exact) mass is 370 g/mol. The summed E-state index contributed by atoms with van der Waals surface area (Å²) in [6.07, 6.45) is 3.09. The summed E-state index contributed by atoms with van der Waals surface area (Å²) in [4.78, 5) is 0.234. The van der Waals surface area contributed by atoms with E-state index in [9.17, 15) is 8.42 Å². The van der Waals surface area contributed by atoms with Crippen molar-refractivity contribution in [2.24, 2.45) is 0 Å². The van der Waals surface area contributed by atoms with Crippen LogP contribution in [0, 0.1) is 0 Å². The number of sulfonamides is 1. The van der Waals surface area contributed by atoms with Gasteiger partial charge in [0, 0.05) is 31.3 Å². The average Bonchev–Trinajstić information content (AvgIpc) is 3.04. The molecule has 1 aliphatic rings. The van der Waals surface area contributed by atoms with Crippen molar-refractivity contribution in [1.29, 1.82) is 0 Å². The Hall–Kier alpha value is -1.48. The van der Waals surface area contributed by atoms with Gasteiger partial charge in [0.05, 0.1) is 4.90 Å². The molecular weight excluding hydrogens is 352 g/mol. The van der Waals surface area contributed by atoms with Crippen molar-refractivity contribution < 1.29 is 13.2 Å². The molecule has 0 amide bonds. The van der Waals surface area contributed by atoms with Crippen LogP contribution < -0.4 is 0 Å². The minimum atomic E-state index is -3.51. The molecule has 1 fully saturated rings. The second-order valence-corrected chi connectivity index (χ2v) is 8.05. The molecule has 0 N–H and O–H groups in total. The SMILES string of the molecule is COCc1nncn1C1CCN(S(=O)(=O)c2cccc(Cl)c2)CC1. The van der Waals surface area contributed by atoms with Crippen LogP contribution in [0.5, 0.6) is 0 Å². The Bertz CT molecular complexity index is 801. The molecule has 1 aromatic heterocycles. The molecule has 0 unspecified atom stereocenters. The Morgan fingerprint density at radius 1 is 1.33 bits per heavy atom. The first-order valence-corrected chi connectivity index (χ1v) is 9.47. The van der Waals surface area contributed by atoms with Crippen LogP contribution >= 0.6 is 11.6 Å². The van der Waals surface area contributed by atoms with Crippen LogP contribution in [-0.4, -0.2) is 47.7 Å². The Balaban J connectivity index is 1.72. The standard InChI is InChI=1S/C15H19ClN4O3S/c1-23-10-15-18-17-11-20(15)13-5-7-19(8-6-13)24(21,22)14-4-2-3-12(16)9-14/h2-4,9,11,13H,5-8,10H2,1H3. The van der Waals surface area contributed by atoms with E-state index in [2.05, 4.69) is 10.2 Å². The molecule has 0 spiro atoms. The van der Waals surface area contributed by atoms with E-state index in [0.29, 0.717) is 37.6 Å². The number of aromatic nitrogens is 3. The minimum absolute atomic E-state index is 0.177. The second kappa shape index (κ2) is 7.18. The summed E-state index contributed by atoms with van der Waals surface area (Å²) in [6, 6.07) is 6.55. The molecule has 9 heteroatoms. The molecule has 1 aromatic carbocycles. The van der Waals surface area contributed by atoms with Crippen LogP contribution in [0.4, 0.5) is 0 Å². The highest BCUT2D eigenvalue weighted by atomic mass is 35.5. The van der Waals surface area contributed by atoms with Gasteiger partial charge in [-0.25, -0.2) is 8.42 Å². The maximum atomic E-state index is 12.7. The van der Waals surface area contributed by atoms with E-state index in [1.54, 1.807) is 31.6 Å². The van der Waals surface area contributed by atoms with E-state index in [4.69, 9.17) is 16.3 Å². The highest BCUT2D eigenvalue weighted by molar-refractivity contribution is 7.89. The maximum Gasteiger partial charge on any atom is 0.243 e. The third-order valence-corrected chi connectivity index (χ3v) is 6.30. The summed E-state index contributed by atoms with van der Waals surface area (Å²) in [5, 5.41) is 8.39. The van der Waals surface area contributed by atoms with Crippen LogP contribution in [0.3, 0.4) is 0 Å². The third-order valence-electron chi connectivity index (χ3n) is 4.17. The first kappa shape index (κ1) is 17.3. The van der Waals surface area contributed by atoms with Crippen molar-refractivity contribution in [2.45, 2.75) is 30.4 Å². The van der Waals surface area contributed by atoms with Gasteiger partial charge in [0.2, 0.25) is 10.0 Å². The molecule has 130 valence electrons.